The van der Waals surface area contributed by atoms with E-state index < -0.39 is 6.10 Å². The van der Waals surface area contributed by atoms with Gasteiger partial charge in [-0.1, -0.05) is 24.3 Å². The molecule has 0 amide bonds. The highest BCUT2D eigenvalue weighted by Crippen LogP contribution is 2.25. The summed E-state index contributed by atoms with van der Waals surface area (Å²) < 4.78 is 7.41. The summed E-state index contributed by atoms with van der Waals surface area (Å²) in [7, 11) is 1.65. The van der Waals surface area contributed by atoms with Gasteiger partial charge in [-0.2, -0.15) is 0 Å². The first-order valence-corrected chi connectivity index (χ1v) is 8.20. The van der Waals surface area contributed by atoms with Crippen LogP contribution in [0.4, 0.5) is 5.69 Å². The minimum absolute atomic E-state index is 0. The highest BCUT2D eigenvalue weighted by molar-refractivity contribution is 5.85. The van der Waals surface area contributed by atoms with Gasteiger partial charge in [-0.25, -0.2) is 0 Å². The molecule has 0 saturated carbocycles. The number of aliphatic hydroxyl groups is 1. The zero-order valence-electron chi connectivity index (χ0n) is 14.8. The molecule has 4 nitrogen and oxygen atoms in total. The fourth-order valence-corrected chi connectivity index (χ4v) is 3.08. The van der Waals surface area contributed by atoms with Crippen LogP contribution in [0, 0.1) is 13.8 Å². The molecule has 0 bridgehead atoms. The number of halogens is 1. The van der Waals surface area contributed by atoms with Crippen molar-refractivity contribution < 1.29 is 9.84 Å². The number of rotatable bonds is 6. The average Bonchev–Trinajstić information content (AvgIpc) is 2.85. The molecule has 0 aliphatic rings. The fraction of sp³-hybridized carbons (Fsp3) is 0.300. The maximum absolute atomic E-state index is 10.5. The van der Waals surface area contributed by atoms with Crippen LogP contribution in [0.15, 0.2) is 48.5 Å². The molecule has 1 atom stereocenters. The Morgan fingerprint density at radius 3 is 2.64 bits per heavy atom. The minimum atomic E-state index is -0.481. The number of nitrogens with one attached hydrogen (secondary N) is 1. The molecule has 0 saturated heterocycles. The number of aromatic nitrogens is 1. The second-order valence-electron chi connectivity index (χ2n) is 6.10. The first-order chi connectivity index (χ1) is 11.6. The van der Waals surface area contributed by atoms with E-state index in [2.05, 4.69) is 41.9 Å². The lowest BCUT2D eigenvalue weighted by Crippen LogP contribution is -2.25. The molecule has 0 radical (unpaired) electrons. The SMILES string of the molecule is COc1cccc(NCC(O)Cn2c(C)c(C)c3ccccc32)c1.Cl. The van der Waals surface area contributed by atoms with Crippen molar-refractivity contribution in [3.63, 3.8) is 0 Å². The van der Waals surface area contributed by atoms with Gasteiger partial charge >= 0.3 is 0 Å². The Balaban J connectivity index is 0.00000225. The predicted molar refractivity (Wildman–Crippen MR) is 106 cm³/mol. The van der Waals surface area contributed by atoms with Gasteiger partial charge in [0.2, 0.25) is 0 Å². The van der Waals surface area contributed by atoms with E-state index in [0.717, 1.165) is 11.4 Å². The summed E-state index contributed by atoms with van der Waals surface area (Å²) in [5.74, 6) is 0.803. The van der Waals surface area contributed by atoms with Crippen LogP contribution >= 0.6 is 12.4 Å². The number of anilines is 1. The molecule has 1 aromatic heterocycles. The molecular formula is C20H25ClN2O2. The van der Waals surface area contributed by atoms with E-state index >= 15 is 0 Å². The second kappa shape index (κ2) is 8.28. The molecule has 0 aliphatic carbocycles. The zero-order chi connectivity index (χ0) is 17.1. The Hall–Kier alpha value is -2.17. The first-order valence-electron chi connectivity index (χ1n) is 8.20. The molecule has 0 spiro atoms. The van der Waals surface area contributed by atoms with Gasteiger partial charge in [-0.3, -0.25) is 0 Å². The number of aliphatic hydroxyl groups excluding tert-OH is 1. The third kappa shape index (κ3) is 4.09. The summed E-state index contributed by atoms with van der Waals surface area (Å²) in [5.41, 5.74) is 4.60. The highest BCUT2D eigenvalue weighted by atomic mass is 35.5. The summed E-state index contributed by atoms with van der Waals surface area (Å²) in [6.45, 7) is 5.29. The van der Waals surface area contributed by atoms with E-state index in [-0.39, 0.29) is 12.4 Å². The van der Waals surface area contributed by atoms with Gasteiger partial charge in [0.1, 0.15) is 5.75 Å². The summed E-state index contributed by atoms with van der Waals surface area (Å²) >= 11 is 0. The number of methoxy groups -OCH3 is 1. The van der Waals surface area contributed by atoms with Gasteiger partial charge in [0, 0.05) is 34.9 Å². The van der Waals surface area contributed by atoms with Crippen LogP contribution in [0.1, 0.15) is 11.3 Å². The molecule has 3 aromatic rings. The number of hydrogen-bond donors (Lipinski definition) is 2. The van der Waals surface area contributed by atoms with Crippen molar-refractivity contribution in [1.29, 1.82) is 0 Å². The number of ether oxygens (including phenoxy) is 1. The standard InChI is InChI=1S/C20H24N2O2.ClH/c1-14-15(2)22(20-10-5-4-9-19(14)20)13-17(23)12-21-16-7-6-8-18(11-16)24-3;/h4-11,17,21,23H,12-13H2,1-3H3;1H. The number of nitrogens with zero attached hydrogens (tertiary/aromatic N) is 1. The van der Waals surface area contributed by atoms with Crippen molar-refractivity contribution >= 4 is 29.0 Å². The Bertz CT molecular complexity index is 845. The maximum atomic E-state index is 10.5. The predicted octanol–water partition coefficient (Wildman–Crippen LogP) is 4.16. The quantitative estimate of drug-likeness (QED) is 0.693. The van der Waals surface area contributed by atoms with Gasteiger partial charge in [0.05, 0.1) is 19.8 Å². The van der Waals surface area contributed by atoms with Crippen LogP contribution < -0.4 is 10.1 Å². The smallest absolute Gasteiger partial charge is 0.120 e. The molecule has 2 aromatic carbocycles. The highest BCUT2D eigenvalue weighted by Gasteiger charge is 2.13. The van der Waals surface area contributed by atoms with Crippen molar-refractivity contribution in [3.05, 3.63) is 59.8 Å². The Morgan fingerprint density at radius 1 is 1.12 bits per heavy atom. The van der Waals surface area contributed by atoms with E-state index in [1.165, 1.54) is 22.2 Å². The molecule has 1 heterocycles. The van der Waals surface area contributed by atoms with Gasteiger partial charge < -0.3 is 19.7 Å². The average molecular weight is 361 g/mol. The summed E-state index contributed by atoms with van der Waals surface area (Å²) in [5, 5.41) is 15.0. The van der Waals surface area contributed by atoms with Gasteiger partial charge in [0.25, 0.3) is 0 Å². The molecule has 5 heteroatoms. The Kier molecular flexibility index (Phi) is 6.34. The fourth-order valence-electron chi connectivity index (χ4n) is 3.08. The molecule has 2 N–H and O–H groups in total. The topological polar surface area (TPSA) is 46.4 Å². The van der Waals surface area contributed by atoms with Crippen molar-refractivity contribution in [3.8, 4) is 5.75 Å². The second-order valence-corrected chi connectivity index (χ2v) is 6.10. The van der Waals surface area contributed by atoms with Gasteiger partial charge in [-0.15, -0.1) is 12.4 Å². The summed E-state index contributed by atoms with van der Waals surface area (Å²) in [6.07, 6.45) is -0.481. The molecule has 25 heavy (non-hydrogen) atoms. The van der Waals surface area contributed by atoms with E-state index in [9.17, 15) is 5.11 Å². The van der Waals surface area contributed by atoms with Crippen molar-refractivity contribution in [2.45, 2.75) is 26.5 Å². The molecule has 1 unspecified atom stereocenters. The molecule has 0 aliphatic heterocycles. The van der Waals surface area contributed by atoms with E-state index in [1.54, 1.807) is 7.11 Å². The van der Waals surface area contributed by atoms with Crippen molar-refractivity contribution in [1.82, 2.24) is 4.57 Å². The monoisotopic (exact) mass is 360 g/mol. The van der Waals surface area contributed by atoms with Crippen molar-refractivity contribution in [2.75, 3.05) is 19.0 Å². The van der Waals surface area contributed by atoms with Crippen LogP contribution in [0.3, 0.4) is 0 Å². The number of para-hydroxylation sites is 1. The van der Waals surface area contributed by atoms with E-state index in [1.807, 2.05) is 30.3 Å². The molecule has 134 valence electrons. The van der Waals surface area contributed by atoms with Crippen LogP contribution in [0.25, 0.3) is 10.9 Å². The number of benzene rings is 2. The van der Waals surface area contributed by atoms with Crippen LogP contribution in [0.2, 0.25) is 0 Å². The Morgan fingerprint density at radius 2 is 1.88 bits per heavy atom. The number of fused-ring (bicyclic) bond motifs is 1. The lowest BCUT2D eigenvalue weighted by Gasteiger charge is -2.16. The lowest BCUT2D eigenvalue weighted by molar-refractivity contribution is 0.167. The zero-order valence-corrected chi connectivity index (χ0v) is 15.6. The summed E-state index contributed by atoms with van der Waals surface area (Å²) in [6, 6.07) is 16.1. The number of hydrogen-bond acceptors (Lipinski definition) is 3. The lowest BCUT2D eigenvalue weighted by atomic mass is 10.2. The van der Waals surface area contributed by atoms with Crippen LogP contribution in [-0.2, 0) is 6.54 Å². The largest absolute Gasteiger partial charge is 0.497 e. The third-order valence-corrected chi connectivity index (χ3v) is 4.55. The van der Waals surface area contributed by atoms with Crippen LogP contribution in [-0.4, -0.2) is 29.4 Å². The normalized spacial score (nSPS) is 11.8. The first kappa shape index (κ1) is 19.2. The van der Waals surface area contributed by atoms with Crippen LogP contribution in [0.5, 0.6) is 5.75 Å². The summed E-state index contributed by atoms with van der Waals surface area (Å²) in [4.78, 5) is 0. The van der Waals surface area contributed by atoms with E-state index in [0.29, 0.717) is 13.1 Å². The Labute approximate surface area is 154 Å². The third-order valence-electron chi connectivity index (χ3n) is 4.55. The van der Waals surface area contributed by atoms with Gasteiger partial charge in [0.15, 0.2) is 0 Å². The van der Waals surface area contributed by atoms with Gasteiger partial charge in [-0.05, 0) is 37.6 Å². The van der Waals surface area contributed by atoms with E-state index in [4.69, 9.17) is 4.74 Å². The molecule has 3 rings (SSSR count). The maximum Gasteiger partial charge on any atom is 0.120 e. The molecule has 0 fully saturated rings. The number of aryl methyl sites for hydroxylation is 1. The minimum Gasteiger partial charge on any atom is -0.497 e. The van der Waals surface area contributed by atoms with Crippen molar-refractivity contribution in [2.24, 2.45) is 0 Å². The molecular weight excluding hydrogens is 336 g/mol.